The number of rotatable bonds is 10. The zero-order valence-electron chi connectivity index (χ0n) is 13.1. The number of hydrogen-bond acceptors (Lipinski definition) is 4. The molecule has 1 aromatic carbocycles. The smallest absolute Gasteiger partial charge is 0.258 e. The van der Waals surface area contributed by atoms with E-state index in [2.05, 4.69) is 10.6 Å². The maximum Gasteiger partial charge on any atom is 0.258 e. The Hall–Kier alpha value is -1.59. The van der Waals surface area contributed by atoms with Crippen LogP contribution in [0.3, 0.4) is 0 Å². The van der Waals surface area contributed by atoms with Gasteiger partial charge in [0.2, 0.25) is 0 Å². The second-order valence-corrected chi connectivity index (χ2v) is 4.98. The van der Waals surface area contributed by atoms with E-state index in [1.54, 1.807) is 7.11 Å². The molecule has 5 nitrogen and oxygen atoms in total. The van der Waals surface area contributed by atoms with Gasteiger partial charge in [0.1, 0.15) is 5.75 Å². The van der Waals surface area contributed by atoms with Crippen LogP contribution in [-0.4, -0.2) is 38.8 Å². The molecule has 1 aromatic rings. The van der Waals surface area contributed by atoms with Crippen molar-refractivity contribution in [2.75, 3.05) is 26.9 Å². The maximum absolute atomic E-state index is 11.7. The summed E-state index contributed by atoms with van der Waals surface area (Å²) in [5, 5.41) is 6.14. The minimum atomic E-state index is -0.0898. The lowest BCUT2D eigenvalue weighted by Crippen LogP contribution is -2.35. The Morgan fingerprint density at radius 3 is 2.90 bits per heavy atom. The van der Waals surface area contributed by atoms with Crippen LogP contribution in [0.25, 0.3) is 0 Å². The minimum Gasteiger partial charge on any atom is -0.484 e. The van der Waals surface area contributed by atoms with Gasteiger partial charge in [0.05, 0.1) is 6.61 Å². The highest BCUT2D eigenvalue weighted by Gasteiger charge is 2.06. The highest BCUT2D eigenvalue weighted by Crippen LogP contribution is 2.13. The summed E-state index contributed by atoms with van der Waals surface area (Å²) in [6.07, 6.45) is 0.911. The van der Waals surface area contributed by atoms with E-state index in [-0.39, 0.29) is 18.6 Å². The third-order valence-electron chi connectivity index (χ3n) is 3.10. The molecule has 0 heterocycles. The van der Waals surface area contributed by atoms with Crippen LogP contribution < -0.4 is 15.4 Å². The van der Waals surface area contributed by atoms with Gasteiger partial charge in [-0.2, -0.15) is 0 Å². The molecule has 21 heavy (non-hydrogen) atoms. The molecular weight excluding hydrogens is 268 g/mol. The van der Waals surface area contributed by atoms with Crippen molar-refractivity contribution >= 4 is 5.91 Å². The normalized spacial score (nSPS) is 12.0. The molecular formula is C16H26N2O3. The minimum absolute atomic E-state index is 0.0465. The van der Waals surface area contributed by atoms with E-state index in [4.69, 9.17) is 9.47 Å². The zero-order chi connectivity index (χ0) is 15.5. The SMILES string of the molecule is CCC(C)NC(=O)COc1cccc(CNCCOC)c1. The first-order valence-corrected chi connectivity index (χ1v) is 7.36. The summed E-state index contributed by atoms with van der Waals surface area (Å²) in [7, 11) is 1.68. The number of carbonyl (C=O) groups excluding carboxylic acids is 1. The van der Waals surface area contributed by atoms with Crippen molar-refractivity contribution in [1.82, 2.24) is 10.6 Å². The van der Waals surface area contributed by atoms with Crippen LogP contribution in [0.4, 0.5) is 0 Å². The van der Waals surface area contributed by atoms with E-state index >= 15 is 0 Å². The van der Waals surface area contributed by atoms with Gasteiger partial charge >= 0.3 is 0 Å². The average Bonchev–Trinajstić information content (AvgIpc) is 2.50. The van der Waals surface area contributed by atoms with E-state index < -0.39 is 0 Å². The molecule has 0 fully saturated rings. The van der Waals surface area contributed by atoms with Gasteiger partial charge in [-0.25, -0.2) is 0 Å². The quantitative estimate of drug-likeness (QED) is 0.645. The van der Waals surface area contributed by atoms with Crippen LogP contribution in [0.2, 0.25) is 0 Å². The molecule has 118 valence electrons. The van der Waals surface area contributed by atoms with Crippen LogP contribution in [0.15, 0.2) is 24.3 Å². The molecule has 0 aromatic heterocycles. The molecule has 0 aliphatic heterocycles. The number of methoxy groups -OCH3 is 1. The Balaban J connectivity index is 2.36. The molecule has 0 aliphatic rings. The van der Waals surface area contributed by atoms with E-state index in [9.17, 15) is 4.79 Å². The third kappa shape index (κ3) is 7.68. The molecule has 0 spiro atoms. The largest absolute Gasteiger partial charge is 0.484 e. The first-order valence-electron chi connectivity index (χ1n) is 7.36. The summed E-state index contributed by atoms with van der Waals surface area (Å²) < 4.78 is 10.5. The lowest BCUT2D eigenvalue weighted by molar-refractivity contribution is -0.123. The van der Waals surface area contributed by atoms with Gasteiger partial charge in [-0.05, 0) is 31.0 Å². The lowest BCUT2D eigenvalue weighted by atomic mass is 10.2. The Kier molecular flexibility index (Phi) is 8.47. The van der Waals surface area contributed by atoms with Gasteiger partial charge in [-0.3, -0.25) is 4.79 Å². The Morgan fingerprint density at radius 1 is 1.38 bits per heavy atom. The van der Waals surface area contributed by atoms with Crippen molar-refractivity contribution in [3.05, 3.63) is 29.8 Å². The number of carbonyl (C=O) groups is 1. The van der Waals surface area contributed by atoms with Crippen LogP contribution in [-0.2, 0) is 16.1 Å². The molecule has 5 heteroatoms. The summed E-state index contributed by atoms with van der Waals surface area (Å²) >= 11 is 0. The Labute approximate surface area is 127 Å². The number of hydrogen-bond donors (Lipinski definition) is 2. The molecule has 0 radical (unpaired) electrons. The molecule has 0 aliphatic carbocycles. The van der Waals surface area contributed by atoms with Crippen molar-refractivity contribution in [2.45, 2.75) is 32.9 Å². The predicted octanol–water partition coefficient (Wildman–Crippen LogP) is 1.72. The molecule has 1 atom stereocenters. The Morgan fingerprint density at radius 2 is 2.19 bits per heavy atom. The fourth-order valence-corrected chi connectivity index (χ4v) is 1.72. The van der Waals surface area contributed by atoms with Gasteiger partial charge in [0.25, 0.3) is 5.91 Å². The van der Waals surface area contributed by atoms with Crippen molar-refractivity contribution in [3.63, 3.8) is 0 Å². The summed E-state index contributed by atoms with van der Waals surface area (Å²) in [6.45, 7) is 6.30. The first kappa shape index (κ1) is 17.5. The van der Waals surface area contributed by atoms with Gasteiger partial charge in [0, 0.05) is 26.2 Å². The molecule has 2 N–H and O–H groups in total. The molecule has 1 rings (SSSR count). The lowest BCUT2D eigenvalue weighted by Gasteiger charge is -2.12. The van der Waals surface area contributed by atoms with Gasteiger partial charge in [-0.1, -0.05) is 19.1 Å². The molecule has 1 amide bonds. The third-order valence-corrected chi connectivity index (χ3v) is 3.10. The first-order chi connectivity index (χ1) is 10.2. The maximum atomic E-state index is 11.7. The van der Waals surface area contributed by atoms with Gasteiger partial charge in [0.15, 0.2) is 6.61 Å². The number of amides is 1. The predicted molar refractivity (Wildman–Crippen MR) is 83.4 cm³/mol. The summed E-state index contributed by atoms with van der Waals surface area (Å²) in [6, 6.07) is 7.92. The standard InChI is InChI=1S/C16H26N2O3/c1-4-13(2)18-16(19)12-21-15-7-5-6-14(10-15)11-17-8-9-20-3/h5-7,10,13,17H,4,8-9,11-12H2,1-3H3,(H,18,19). The summed E-state index contributed by atoms with van der Waals surface area (Å²) in [5.41, 5.74) is 1.12. The summed E-state index contributed by atoms with van der Waals surface area (Å²) in [5.74, 6) is 0.619. The molecule has 0 saturated carbocycles. The fraction of sp³-hybridized carbons (Fsp3) is 0.562. The van der Waals surface area contributed by atoms with Crippen molar-refractivity contribution in [1.29, 1.82) is 0 Å². The second kappa shape index (κ2) is 10.2. The van der Waals surface area contributed by atoms with Crippen molar-refractivity contribution in [2.24, 2.45) is 0 Å². The molecule has 0 saturated heterocycles. The average molecular weight is 294 g/mol. The monoisotopic (exact) mass is 294 g/mol. The van der Waals surface area contributed by atoms with Crippen molar-refractivity contribution < 1.29 is 14.3 Å². The van der Waals surface area contributed by atoms with E-state index in [1.165, 1.54) is 0 Å². The number of ether oxygens (including phenoxy) is 2. The van der Waals surface area contributed by atoms with Crippen molar-refractivity contribution in [3.8, 4) is 5.75 Å². The van der Waals surface area contributed by atoms with Gasteiger partial charge < -0.3 is 20.1 Å². The fourth-order valence-electron chi connectivity index (χ4n) is 1.72. The van der Waals surface area contributed by atoms with Crippen LogP contribution in [0, 0.1) is 0 Å². The Bertz CT molecular complexity index is 424. The van der Waals surface area contributed by atoms with Gasteiger partial charge in [-0.15, -0.1) is 0 Å². The number of nitrogens with one attached hydrogen (secondary N) is 2. The van der Waals surface area contributed by atoms with Crippen LogP contribution in [0.5, 0.6) is 5.75 Å². The second-order valence-electron chi connectivity index (χ2n) is 4.98. The molecule has 0 bridgehead atoms. The van der Waals surface area contributed by atoms with E-state index in [0.29, 0.717) is 12.4 Å². The number of benzene rings is 1. The van der Waals surface area contributed by atoms with Crippen LogP contribution >= 0.6 is 0 Å². The van der Waals surface area contributed by atoms with Crippen LogP contribution in [0.1, 0.15) is 25.8 Å². The highest BCUT2D eigenvalue weighted by atomic mass is 16.5. The highest BCUT2D eigenvalue weighted by molar-refractivity contribution is 5.77. The molecule has 1 unspecified atom stereocenters. The summed E-state index contributed by atoms with van der Waals surface area (Å²) in [4.78, 5) is 11.7. The van der Waals surface area contributed by atoms with E-state index in [1.807, 2.05) is 38.1 Å². The van der Waals surface area contributed by atoms with E-state index in [0.717, 1.165) is 25.1 Å². The zero-order valence-corrected chi connectivity index (χ0v) is 13.1. The topological polar surface area (TPSA) is 59.6 Å².